The van der Waals surface area contributed by atoms with Crippen molar-refractivity contribution in [2.24, 2.45) is 0 Å². The lowest BCUT2D eigenvalue weighted by Crippen LogP contribution is -2.37. The second-order valence-corrected chi connectivity index (χ2v) is 7.41. The fourth-order valence-corrected chi connectivity index (χ4v) is 4.23. The van der Waals surface area contributed by atoms with Crippen molar-refractivity contribution in [3.05, 3.63) is 59.3 Å². The van der Waals surface area contributed by atoms with E-state index in [4.69, 9.17) is 9.72 Å². The maximum absolute atomic E-state index is 5.46. The van der Waals surface area contributed by atoms with Crippen molar-refractivity contribution in [3.8, 4) is 0 Å². The first kappa shape index (κ1) is 17.5. The lowest BCUT2D eigenvalue weighted by molar-refractivity contribution is 0.122. The number of rotatable bonds is 4. The van der Waals surface area contributed by atoms with Crippen LogP contribution in [0.2, 0.25) is 0 Å². The standard InChI is InChI=1S/C22H29N3O/c1-18-20(10-11-22(23-18)24-13-15-26-16-14-24)21-9-5-6-12-25(21)17-19-7-3-2-4-8-19/h2-4,7-8,10-11,21H,5-6,9,12-17H2,1H3. The third kappa shape index (κ3) is 3.92. The molecule has 0 bridgehead atoms. The largest absolute Gasteiger partial charge is 0.378 e. The first-order chi connectivity index (χ1) is 12.8. The maximum atomic E-state index is 5.46. The van der Waals surface area contributed by atoms with Gasteiger partial charge in [-0.1, -0.05) is 42.8 Å². The normalized spacial score (nSPS) is 21.7. The van der Waals surface area contributed by atoms with Gasteiger partial charge in [0.05, 0.1) is 13.2 Å². The number of piperidine rings is 1. The molecule has 0 aliphatic carbocycles. The minimum absolute atomic E-state index is 0.482. The van der Waals surface area contributed by atoms with Crippen LogP contribution in [0.25, 0.3) is 0 Å². The Morgan fingerprint density at radius 3 is 2.58 bits per heavy atom. The molecular formula is C22H29N3O. The molecule has 2 saturated heterocycles. The molecule has 26 heavy (non-hydrogen) atoms. The van der Waals surface area contributed by atoms with Gasteiger partial charge in [0, 0.05) is 31.4 Å². The van der Waals surface area contributed by atoms with Gasteiger partial charge in [-0.3, -0.25) is 4.90 Å². The molecule has 0 radical (unpaired) electrons. The quantitative estimate of drug-likeness (QED) is 0.834. The summed E-state index contributed by atoms with van der Waals surface area (Å²) in [4.78, 5) is 9.93. The van der Waals surface area contributed by atoms with E-state index in [1.807, 2.05) is 0 Å². The van der Waals surface area contributed by atoms with E-state index >= 15 is 0 Å². The molecule has 4 rings (SSSR count). The fourth-order valence-electron chi connectivity index (χ4n) is 4.23. The lowest BCUT2D eigenvalue weighted by atomic mass is 9.93. The molecule has 0 saturated carbocycles. The summed E-state index contributed by atoms with van der Waals surface area (Å²) in [6.45, 7) is 7.85. The summed E-state index contributed by atoms with van der Waals surface area (Å²) in [6, 6.07) is 15.8. The summed E-state index contributed by atoms with van der Waals surface area (Å²) < 4.78 is 5.46. The Morgan fingerprint density at radius 2 is 1.81 bits per heavy atom. The van der Waals surface area contributed by atoms with Crippen LogP contribution in [0.4, 0.5) is 5.82 Å². The van der Waals surface area contributed by atoms with Gasteiger partial charge in [-0.15, -0.1) is 0 Å². The van der Waals surface area contributed by atoms with Crippen LogP contribution < -0.4 is 4.90 Å². The summed E-state index contributed by atoms with van der Waals surface area (Å²) in [5.74, 6) is 1.10. The number of aryl methyl sites for hydroxylation is 1. The van der Waals surface area contributed by atoms with Gasteiger partial charge >= 0.3 is 0 Å². The van der Waals surface area contributed by atoms with E-state index in [1.54, 1.807) is 0 Å². The summed E-state index contributed by atoms with van der Waals surface area (Å²) in [5, 5.41) is 0. The predicted octanol–water partition coefficient (Wildman–Crippen LogP) is 3.95. The van der Waals surface area contributed by atoms with Crippen LogP contribution in [0.5, 0.6) is 0 Å². The van der Waals surface area contributed by atoms with Crippen LogP contribution in [-0.4, -0.2) is 42.7 Å². The van der Waals surface area contributed by atoms with E-state index in [0.29, 0.717) is 6.04 Å². The van der Waals surface area contributed by atoms with E-state index in [0.717, 1.165) is 38.7 Å². The van der Waals surface area contributed by atoms with Crippen molar-refractivity contribution in [1.29, 1.82) is 0 Å². The van der Waals surface area contributed by atoms with Crippen molar-refractivity contribution in [1.82, 2.24) is 9.88 Å². The van der Waals surface area contributed by atoms with E-state index in [9.17, 15) is 0 Å². The van der Waals surface area contributed by atoms with Crippen molar-refractivity contribution < 1.29 is 4.74 Å². The van der Waals surface area contributed by atoms with Crippen molar-refractivity contribution in [3.63, 3.8) is 0 Å². The third-order valence-electron chi connectivity index (χ3n) is 5.65. The summed E-state index contributed by atoms with van der Waals surface area (Å²) in [5.41, 5.74) is 3.98. The molecule has 1 aromatic carbocycles. The Balaban J connectivity index is 1.54. The van der Waals surface area contributed by atoms with Gasteiger partial charge < -0.3 is 9.64 Å². The van der Waals surface area contributed by atoms with Crippen molar-refractivity contribution >= 4 is 5.82 Å². The molecule has 1 aromatic heterocycles. The number of ether oxygens (including phenoxy) is 1. The number of likely N-dealkylation sites (tertiary alicyclic amines) is 1. The van der Waals surface area contributed by atoms with Gasteiger partial charge in [0.2, 0.25) is 0 Å². The van der Waals surface area contributed by atoms with Crippen LogP contribution in [-0.2, 0) is 11.3 Å². The molecule has 4 nitrogen and oxygen atoms in total. The molecule has 2 aliphatic rings. The molecule has 138 valence electrons. The van der Waals surface area contributed by atoms with E-state index in [1.165, 1.54) is 42.6 Å². The second-order valence-electron chi connectivity index (χ2n) is 7.41. The SMILES string of the molecule is Cc1nc(N2CCOCC2)ccc1C1CCCCN1Cc1ccccc1. The van der Waals surface area contributed by atoms with Crippen LogP contribution in [0.3, 0.4) is 0 Å². The van der Waals surface area contributed by atoms with Gasteiger partial charge in [0.15, 0.2) is 0 Å². The number of hydrogen-bond donors (Lipinski definition) is 0. The summed E-state index contributed by atoms with van der Waals surface area (Å²) in [6.07, 6.45) is 3.83. The van der Waals surface area contributed by atoms with Crippen molar-refractivity contribution in [2.45, 2.75) is 38.8 Å². The van der Waals surface area contributed by atoms with E-state index < -0.39 is 0 Å². The zero-order chi connectivity index (χ0) is 17.8. The number of anilines is 1. The van der Waals surface area contributed by atoms with Gasteiger partial charge in [0.1, 0.15) is 5.82 Å². The van der Waals surface area contributed by atoms with Crippen LogP contribution in [0, 0.1) is 6.92 Å². The number of benzene rings is 1. The van der Waals surface area contributed by atoms with Crippen LogP contribution >= 0.6 is 0 Å². The van der Waals surface area contributed by atoms with Crippen LogP contribution in [0.15, 0.2) is 42.5 Å². The molecular weight excluding hydrogens is 322 g/mol. The highest BCUT2D eigenvalue weighted by atomic mass is 16.5. The second kappa shape index (κ2) is 8.19. The molecule has 2 aliphatic heterocycles. The summed E-state index contributed by atoms with van der Waals surface area (Å²) in [7, 11) is 0. The number of morpholine rings is 1. The average molecular weight is 351 g/mol. The average Bonchev–Trinajstić information content (AvgIpc) is 2.70. The highest BCUT2D eigenvalue weighted by molar-refractivity contribution is 5.43. The number of nitrogens with zero attached hydrogens (tertiary/aromatic N) is 3. The van der Waals surface area contributed by atoms with Gasteiger partial charge in [-0.05, 0) is 43.5 Å². The highest BCUT2D eigenvalue weighted by Crippen LogP contribution is 2.34. The third-order valence-corrected chi connectivity index (χ3v) is 5.65. The van der Waals surface area contributed by atoms with Gasteiger partial charge in [0.25, 0.3) is 0 Å². The Labute approximate surface area is 156 Å². The Kier molecular flexibility index (Phi) is 5.51. The number of pyridine rings is 1. The van der Waals surface area contributed by atoms with E-state index in [2.05, 4.69) is 59.2 Å². The number of hydrogen-bond acceptors (Lipinski definition) is 4. The highest BCUT2D eigenvalue weighted by Gasteiger charge is 2.26. The minimum Gasteiger partial charge on any atom is -0.378 e. The molecule has 0 N–H and O–H groups in total. The zero-order valence-corrected chi connectivity index (χ0v) is 15.7. The monoisotopic (exact) mass is 351 g/mol. The Morgan fingerprint density at radius 1 is 1.00 bits per heavy atom. The zero-order valence-electron chi connectivity index (χ0n) is 15.7. The molecule has 0 amide bonds. The first-order valence-corrected chi connectivity index (χ1v) is 9.89. The molecule has 4 heteroatoms. The Hall–Kier alpha value is -1.91. The maximum Gasteiger partial charge on any atom is 0.128 e. The predicted molar refractivity (Wildman–Crippen MR) is 105 cm³/mol. The molecule has 1 unspecified atom stereocenters. The number of aromatic nitrogens is 1. The minimum atomic E-state index is 0.482. The molecule has 3 heterocycles. The molecule has 2 aromatic rings. The van der Waals surface area contributed by atoms with Gasteiger partial charge in [-0.2, -0.15) is 0 Å². The molecule has 1 atom stereocenters. The smallest absolute Gasteiger partial charge is 0.128 e. The van der Waals surface area contributed by atoms with E-state index in [-0.39, 0.29) is 0 Å². The van der Waals surface area contributed by atoms with Crippen LogP contribution in [0.1, 0.15) is 42.1 Å². The van der Waals surface area contributed by atoms with Crippen molar-refractivity contribution in [2.75, 3.05) is 37.7 Å². The van der Waals surface area contributed by atoms with Gasteiger partial charge in [-0.25, -0.2) is 4.98 Å². The molecule has 2 fully saturated rings. The molecule has 0 spiro atoms. The topological polar surface area (TPSA) is 28.6 Å². The summed E-state index contributed by atoms with van der Waals surface area (Å²) >= 11 is 0. The Bertz CT molecular complexity index is 713. The first-order valence-electron chi connectivity index (χ1n) is 9.89. The fraction of sp³-hybridized carbons (Fsp3) is 0.500. The lowest BCUT2D eigenvalue weighted by Gasteiger charge is -2.37.